The minimum atomic E-state index is 1.11. The highest BCUT2D eigenvalue weighted by Crippen LogP contribution is 2.40. The van der Waals surface area contributed by atoms with E-state index in [9.17, 15) is 0 Å². The molecule has 0 amide bonds. The Morgan fingerprint density at radius 2 is 0.712 bits per heavy atom. The van der Waals surface area contributed by atoms with Gasteiger partial charge in [0.15, 0.2) is 0 Å². The quantitative estimate of drug-likeness (QED) is 0.158. The van der Waals surface area contributed by atoms with Crippen molar-refractivity contribution in [2.24, 2.45) is 0 Å². The summed E-state index contributed by atoms with van der Waals surface area (Å²) in [6.07, 6.45) is 0. The van der Waals surface area contributed by atoms with Crippen LogP contribution in [0.2, 0.25) is 0 Å². The van der Waals surface area contributed by atoms with Gasteiger partial charge >= 0.3 is 0 Å². The topological polar surface area (TPSA) is 3.24 Å². The molecule has 10 rings (SSSR count). The molecule has 0 bridgehead atoms. The van der Waals surface area contributed by atoms with Gasteiger partial charge in [-0.15, -0.1) is 11.3 Å². The van der Waals surface area contributed by atoms with Crippen LogP contribution in [0.25, 0.3) is 75.1 Å². The van der Waals surface area contributed by atoms with E-state index in [1.807, 2.05) is 11.3 Å². The third kappa shape index (κ3) is 5.42. The van der Waals surface area contributed by atoms with Gasteiger partial charge in [-0.2, -0.15) is 0 Å². The third-order valence-electron chi connectivity index (χ3n) is 10.3. The van der Waals surface area contributed by atoms with Gasteiger partial charge in [0.2, 0.25) is 0 Å². The van der Waals surface area contributed by atoms with Gasteiger partial charge < -0.3 is 4.90 Å². The Morgan fingerprint density at radius 3 is 1.38 bits per heavy atom. The van der Waals surface area contributed by atoms with Gasteiger partial charge in [-0.1, -0.05) is 146 Å². The molecular formula is C50H33NS. The zero-order chi connectivity index (χ0) is 34.4. The summed E-state index contributed by atoms with van der Waals surface area (Å²) in [5, 5.41) is 7.76. The summed E-state index contributed by atoms with van der Waals surface area (Å²) >= 11 is 1.86. The van der Waals surface area contributed by atoms with Crippen LogP contribution in [0.3, 0.4) is 0 Å². The lowest BCUT2D eigenvalue weighted by atomic mass is 9.97. The molecule has 2 heteroatoms. The number of anilines is 3. The zero-order valence-electron chi connectivity index (χ0n) is 28.4. The minimum absolute atomic E-state index is 1.11. The fourth-order valence-electron chi connectivity index (χ4n) is 7.57. The summed E-state index contributed by atoms with van der Waals surface area (Å²) in [7, 11) is 0. The highest BCUT2D eigenvalue weighted by molar-refractivity contribution is 7.25. The number of nitrogens with zero attached hydrogens (tertiary/aromatic N) is 1. The van der Waals surface area contributed by atoms with Crippen LogP contribution < -0.4 is 4.90 Å². The smallest absolute Gasteiger partial charge is 0.0462 e. The third-order valence-corrected chi connectivity index (χ3v) is 11.4. The number of fused-ring (bicyclic) bond motifs is 6. The van der Waals surface area contributed by atoms with Crippen molar-refractivity contribution < 1.29 is 0 Å². The molecule has 1 aromatic heterocycles. The van der Waals surface area contributed by atoms with Crippen LogP contribution in [-0.2, 0) is 0 Å². The van der Waals surface area contributed by atoms with Gasteiger partial charge in [0.1, 0.15) is 0 Å². The molecule has 0 unspecified atom stereocenters. The first-order chi connectivity index (χ1) is 25.7. The average Bonchev–Trinajstić information content (AvgIpc) is 3.60. The van der Waals surface area contributed by atoms with Crippen molar-refractivity contribution in [2.75, 3.05) is 4.90 Å². The van der Waals surface area contributed by atoms with E-state index < -0.39 is 0 Å². The molecule has 0 aliphatic heterocycles. The molecule has 0 saturated carbocycles. The second-order valence-electron chi connectivity index (χ2n) is 13.4. The molecule has 0 fully saturated rings. The molecule has 0 radical (unpaired) electrons. The molecule has 244 valence electrons. The summed E-state index contributed by atoms with van der Waals surface area (Å²) in [5.41, 5.74) is 10.6. The lowest BCUT2D eigenvalue weighted by molar-refractivity contribution is 1.28. The van der Waals surface area contributed by atoms with Crippen LogP contribution in [-0.4, -0.2) is 0 Å². The maximum absolute atomic E-state index is 2.35. The highest BCUT2D eigenvalue weighted by atomic mass is 32.1. The SMILES string of the molecule is c1ccc(-c2ccc(N(c3ccc(-c4ccc5c(c4)sc4ccccc45)cc3)c3ccc(-c4ccc5ccc6ccccc6c5c4)cc3)cc2)cc1. The van der Waals surface area contributed by atoms with Gasteiger partial charge in [-0.3, -0.25) is 0 Å². The normalized spacial score (nSPS) is 11.5. The van der Waals surface area contributed by atoms with Gasteiger partial charge in [0, 0.05) is 37.2 Å². The zero-order valence-corrected chi connectivity index (χ0v) is 29.2. The van der Waals surface area contributed by atoms with Crippen LogP contribution in [0.15, 0.2) is 200 Å². The van der Waals surface area contributed by atoms with Gasteiger partial charge in [0.05, 0.1) is 0 Å². The highest BCUT2D eigenvalue weighted by Gasteiger charge is 2.15. The number of benzene rings is 9. The number of hydrogen-bond acceptors (Lipinski definition) is 2. The second kappa shape index (κ2) is 12.7. The number of rotatable bonds is 6. The maximum Gasteiger partial charge on any atom is 0.0462 e. The van der Waals surface area contributed by atoms with Crippen molar-refractivity contribution in [1.29, 1.82) is 0 Å². The molecule has 1 nitrogen and oxygen atoms in total. The summed E-state index contributed by atoms with van der Waals surface area (Å²) in [6, 6.07) is 72.9. The molecule has 0 N–H and O–H groups in total. The fourth-order valence-corrected chi connectivity index (χ4v) is 8.72. The van der Waals surface area contributed by atoms with Crippen molar-refractivity contribution >= 4 is 70.1 Å². The van der Waals surface area contributed by atoms with E-state index in [0.717, 1.165) is 17.1 Å². The summed E-state index contributed by atoms with van der Waals surface area (Å²) in [5.74, 6) is 0. The van der Waals surface area contributed by atoms with Gasteiger partial charge in [-0.25, -0.2) is 0 Å². The summed E-state index contributed by atoms with van der Waals surface area (Å²) < 4.78 is 2.65. The van der Waals surface area contributed by atoms with Crippen LogP contribution in [0.4, 0.5) is 17.1 Å². The molecule has 0 aliphatic rings. The number of thiophene rings is 1. The van der Waals surface area contributed by atoms with E-state index in [0.29, 0.717) is 0 Å². The van der Waals surface area contributed by atoms with Crippen LogP contribution in [0, 0.1) is 0 Å². The molecule has 10 aromatic rings. The maximum atomic E-state index is 2.35. The van der Waals surface area contributed by atoms with Gasteiger partial charge in [-0.05, 0) is 110 Å². The first-order valence-corrected chi connectivity index (χ1v) is 18.6. The van der Waals surface area contributed by atoms with E-state index in [4.69, 9.17) is 0 Å². The Morgan fingerprint density at radius 1 is 0.269 bits per heavy atom. The second-order valence-corrected chi connectivity index (χ2v) is 14.5. The van der Waals surface area contributed by atoms with E-state index in [1.165, 1.54) is 75.1 Å². The Hall–Kier alpha value is -6.48. The van der Waals surface area contributed by atoms with E-state index in [2.05, 4.69) is 205 Å². The molecule has 9 aromatic carbocycles. The van der Waals surface area contributed by atoms with Crippen molar-refractivity contribution in [3.8, 4) is 33.4 Å². The van der Waals surface area contributed by atoms with Crippen LogP contribution >= 0.6 is 11.3 Å². The largest absolute Gasteiger partial charge is 0.311 e. The van der Waals surface area contributed by atoms with Crippen molar-refractivity contribution in [3.05, 3.63) is 200 Å². The molecule has 1 heterocycles. The van der Waals surface area contributed by atoms with E-state index >= 15 is 0 Å². The Labute approximate surface area is 307 Å². The molecule has 0 atom stereocenters. The predicted octanol–water partition coefficient (Wildman–Crippen LogP) is 14.8. The summed E-state index contributed by atoms with van der Waals surface area (Å²) in [6.45, 7) is 0. The predicted molar refractivity (Wildman–Crippen MR) is 225 cm³/mol. The standard InChI is InChI=1S/C50H33NS/c1-2-8-34(9-3-1)35-18-25-42(26-19-35)51(44-29-22-37(23-30-44)41-24-31-47-46-12-6-7-13-49(46)52-50(47)33-41)43-27-20-36(21-28-43)40-17-16-39-15-14-38-10-4-5-11-45(38)48(39)32-40/h1-33H. The summed E-state index contributed by atoms with van der Waals surface area (Å²) in [4.78, 5) is 2.35. The first-order valence-electron chi connectivity index (χ1n) is 17.7. The lowest BCUT2D eigenvalue weighted by Gasteiger charge is -2.26. The van der Waals surface area contributed by atoms with Crippen LogP contribution in [0.5, 0.6) is 0 Å². The molecule has 52 heavy (non-hydrogen) atoms. The Balaban J connectivity index is 1.02. The van der Waals surface area contributed by atoms with Gasteiger partial charge in [0.25, 0.3) is 0 Å². The molecule has 0 aliphatic carbocycles. The Bertz CT molecular complexity index is 2870. The van der Waals surface area contributed by atoms with Crippen LogP contribution in [0.1, 0.15) is 0 Å². The van der Waals surface area contributed by atoms with E-state index in [1.54, 1.807) is 0 Å². The average molecular weight is 680 g/mol. The Kier molecular flexibility index (Phi) is 7.41. The van der Waals surface area contributed by atoms with Crippen molar-refractivity contribution in [1.82, 2.24) is 0 Å². The minimum Gasteiger partial charge on any atom is -0.311 e. The number of hydrogen-bond donors (Lipinski definition) is 0. The molecule has 0 saturated heterocycles. The van der Waals surface area contributed by atoms with Crippen molar-refractivity contribution in [3.63, 3.8) is 0 Å². The molecular weight excluding hydrogens is 647 g/mol. The van der Waals surface area contributed by atoms with Crippen molar-refractivity contribution in [2.45, 2.75) is 0 Å². The fraction of sp³-hybridized carbons (Fsp3) is 0. The first kappa shape index (κ1) is 30.4. The van der Waals surface area contributed by atoms with E-state index in [-0.39, 0.29) is 0 Å². The monoisotopic (exact) mass is 679 g/mol. The molecule has 0 spiro atoms. The lowest BCUT2D eigenvalue weighted by Crippen LogP contribution is -2.09.